The Balaban J connectivity index is 2.29. The standard InChI is InChI=1S/C12H18N2OS/c1-2-16-8-4-7-12(15)14-11-6-3-5-10(13)9-11/h3,5-6,9H,2,4,7-8,13H2,1H3,(H,14,15). The Morgan fingerprint density at radius 2 is 2.31 bits per heavy atom. The van der Waals surface area contributed by atoms with Crippen molar-refractivity contribution in [3.05, 3.63) is 24.3 Å². The van der Waals surface area contributed by atoms with Crippen LogP contribution < -0.4 is 11.1 Å². The maximum atomic E-state index is 11.5. The number of nitrogen functional groups attached to an aromatic ring is 1. The molecule has 0 aliphatic carbocycles. The molecule has 0 saturated carbocycles. The quantitative estimate of drug-likeness (QED) is 0.592. The average molecular weight is 238 g/mol. The van der Waals surface area contributed by atoms with Crippen LogP contribution in [0.25, 0.3) is 0 Å². The predicted octanol–water partition coefficient (Wildman–Crippen LogP) is 2.74. The fraction of sp³-hybridized carbons (Fsp3) is 0.417. The predicted molar refractivity (Wildman–Crippen MR) is 71.7 cm³/mol. The molecule has 0 saturated heterocycles. The normalized spacial score (nSPS) is 10.1. The smallest absolute Gasteiger partial charge is 0.224 e. The highest BCUT2D eigenvalue weighted by Gasteiger charge is 2.01. The van der Waals surface area contributed by atoms with Crippen molar-refractivity contribution < 1.29 is 4.79 Å². The van der Waals surface area contributed by atoms with E-state index in [1.165, 1.54) is 0 Å². The lowest BCUT2D eigenvalue weighted by atomic mass is 10.2. The third-order valence-electron chi connectivity index (χ3n) is 2.07. The Morgan fingerprint density at radius 3 is 3.00 bits per heavy atom. The first-order valence-corrected chi connectivity index (χ1v) is 6.61. The van der Waals surface area contributed by atoms with Crippen LogP contribution in [0.5, 0.6) is 0 Å². The monoisotopic (exact) mass is 238 g/mol. The van der Waals surface area contributed by atoms with Gasteiger partial charge in [-0.1, -0.05) is 13.0 Å². The van der Waals surface area contributed by atoms with Crippen molar-refractivity contribution in [1.82, 2.24) is 0 Å². The van der Waals surface area contributed by atoms with Gasteiger partial charge in [0.25, 0.3) is 0 Å². The molecule has 88 valence electrons. The molecule has 0 aliphatic rings. The molecule has 1 aromatic carbocycles. The van der Waals surface area contributed by atoms with Crippen LogP contribution in [-0.4, -0.2) is 17.4 Å². The number of carbonyl (C=O) groups is 1. The van der Waals surface area contributed by atoms with Crippen LogP contribution in [0, 0.1) is 0 Å². The zero-order valence-corrected chi connectivity index (χ0v) is 10.3. The molecule has 0 radical (unpaired) electrons. The summed E-state index contributed by atoms with van der Waals surface area (Å²) in [5, 5.41) is 2.83. The minimum Gasteiger partial charge on any atom is -0.399 e. The Morgan fingerprint density at radius 1 is 1.50 bits per heavy atom. The van der Waals surface area contributed by atoms with Crippen LogP contribution in [0.4, 0.5) is 11.4 Å². The molecule has 0 spiro atoms. The van der Waals surface area contributed by atoms with Gasteiger partial charge in [0.15, 0.2) is 0 Å². The molecule has 0 fully saturated rings. The summed E-state index contributed by atoms with van der Waals surface area (Å²) in [6.07, 6.45) is 1.49. The maximum Gasteiger partial charge on any atom is 0.224 e. The van der Waals surface area contributed by atoms with Gasteiger partial charge in [-0.3, -0.25) is 4.79 Å². The van der Waals surface area contributed by atoms with Gasteiger partial charge >= 0.3 is 0 Å². The van der Waals surface area contributed by atoms with E-state index in [-0.39, 0.29) is 5.91 Å². The molecule has 0 unspecified atom stereocenters. The number of hydrogen-bond donors (Lipinski definition) is 2. The lowest BCUT2D eigenvalue weighted by Crippen LogP contribution is -2.11. The van der Waals surface area contributed by atoms with E-state index in [9.17, 15) is 4.79 Å². The summed E-state index contributed by atoms with van der Waals surface area (Å²) in [4.78, 5) is 11.5. The van der Waals surface area contributed by atoms with Crippen molar-refractivity contribution in [3.63, 3.8) is 0 Å². The second-order valence-corrected chi connectivity index (χ2v) is 4.87. The van der Waals surface area contributed by atoms with E-state index in [2.05, 4.69) is 12.2 Å². The summed E-state index contributed by atoms with van der Waals surface area (Å²) in [6.45, 7) is 2.12. The van der Waals surface area contributed by atoms with E-state index in [0.717, 1.165) is 23.6 Å². The minimum atomic E-state index is 0.0577. The van der Waals surface area contributed by atoms with Crippen LogP contribution in [0.1, 0.15) is 19.8 Å². The van der Waals surface area contributed by atoms with E-state index in [4.69, 9.17) is 5.73 Å². The molecule has 0 aromatic heterocycles. The number of nitrogens with two attached hydrogens (primary N) is 1. The fourth-order valence-corrected chi connectivity index (χ4v) is 1.96. The lowest BCUT2D eigenvalue weighted by Gasteiger charge is -2.05. The molecular formula is C12H18N2OS. The van der Waals surface area contributed by atoms with E-state index in [0.29, 0.717) is 12.1 Å². The van der Waals surface area contributed by atoms with E-state index in [1.807, 2.05) is 23.9 Å². The Bertz CT molecular complexity index is 342. The molecule has 4 heteroatoms. The number of hydrogen-bond acceptors (Lipinski definition) is 3. The first-order chi connectivity index (χ1) is 7.72. The van der Waals surface area contributed by atoms with Crippen molar-refractivity contribution in [1.29, 1.82) is 0 Å². The van der Waals surface area contributed by atoms with E-state index < -0.39 is 0 Å². The fourth-order valence-electron chi connectivity index (χ4n) is 1.32. The van der Waals surface area contributed by atoms with Crippen molar-refractivity contribution in [2.24, 2.45) is 0 Å². The average Bonchev–Trinajstić information content (AvgIpc) is 2.24. The highest BCUT2D eigenvalue weighted by atomic mass is 32.2. The van der Waals surface area contributed by atoms with Gasteiger partial charge in [-0.05, 0) is 36.1 Å². The summed E-state index contributed by atoms with van der Waals surface area (Å²) < 4.78 is 0. The number of thioether (sulfide) groups is 1. The largest absolute Gasteiger partial charge is 0.399 e. The van der Waals surface area contributed by atoms with E-state index >= 15 is 0 Å². The van der Waals surface area contributed by atoms with Gasteiger partial charge in [0, 0.05) is 17.8 Å². The van der Waals surface area contributed by atoms with E-state index in [1.54, 1.807) is 12.1 Å². The van der Waals surface area contributed by atoms with Crippen LogP contribution in [0.15, 0.2) is 24.3 Å². The number of carbonyl (C=O) groups excluding carboxylic acids is 1. The lowest BCUT2D eigenvalue weighted by molar-refractivity contribution is -0.116. The molecule has 3 N–H and O–H groups in total. The van der Waals surface area contributed by atoms with Crippen molar-refractivity contribution >= 4 is 29.0 Å². The molecule has 16 heavy (non-hydrogen) atoms. The van der Waals surface area contributed by atoms with Gasteiger partial charge in [-0.2, -0.15) is 11.8 Å². The first kappa shape index (κ1) is 12.9. The van der Waals surface area contributed by atoms with Gasteiger partial charge in [0.05, 0.1) is 0 Å². The minimum absolute atomic E-state index is 0.0577. The molecule has 1 amide bonds. The summed E-state index contributed by atoms with van der Waals surface area (Å²) in [6, 6.07) is 7.24. The third kappa shape index (κ3) is 5.07. The van der Waals surface area contributed by atoms with Crippen molar-refractivity contribution in [2.45, 2.75) is 19.8 Å². The number of rotatable bonds is 6. The SMILES string of the molecule is CCSCCCC(=O)Nc1cccc(N)c1. The summed E-state index contributed by atoms with van der Waals surface area (Å²) in [5.41, 5.74) is 7.06. The van der Waals surface area contributed by atoms with Crippen molar-refractivity contribution in [2.75, 3.05) is 22.6 Å². The van der Waals surface area contributed by atoms with Gasteiger partial charge < -0.3 is 11.1 Å². The van der Waals surface area contributed by atoms with Gasteiger partial charge in [0.1, 0.15) is 0 Å². The second kappa shape index (κ2) is 7.17. The topological polar surface area (TPSA) is 55.1 Å². The molecule has 0 heterocycles. The van der Waals surface area contributed by atoms with Gasteiger partial charge in [-0.25, -0.2) is 0 Å². The molecule has 0 aliphatic heterocycles. The molecule has 1 rings (SSSR count). The number of benzene rings is 1. The zero-order valence-electron chi connectivity index (χ0n) is 9.53. The van der Waals surface area contributed by atoms with Gasteiger partial charge in [-0.15, -0.1) is 0 Å². The van der Waals surface area contributed by atoms with Crippen LogP contribution in [0.2, 0.25) is 0 Å². The molecule has 0 atom stereocenters. The highest BCUT2D eigenvalue weighted by molar-refractivity contribution is 7.99. The zero-order chi connectivity index (χ0) is 11.8. The summed E-state index contributed by atoms with van der Waals surface area (Å²) >= 11 is 1.86. The Labute approximate surface area is 101 Å². The molecule has 1 aromatic rings. The number of amides is 1. The maximum absolute atomic E-state index is 11.5. The van der Waals surface area contributed by atoms with Crippen LogP contribution >= 0.6 is 11.8 Å². The van der Waals surface area contributed by atoms with Crippen molar-refractivity contribution in [3.8, 4) is 0 Å². The van der Waals surface area contributed by atoms with Gasteiger partial charge in [0.2, 0.25) is 5.91 Å². The Kier molecular flexibility index (Phi) is 5.78. The number of nitrogens with one attached hydrogen (secondary N) is 1. The van der Waals surface area contributed by atoms with Crippen LogP contribution in [-0.2, 0) is 4.79 Å². The molecule has 0 bridgehead atoms. The molecular weight excluding hydrogens is 220 g/mol. The Hall–Kier alpha value is -1.16. The second-order valence-electron chi connectivity index (χ2n) is 3.47. The summed E-state index contributed by atoms with van der Waals surface area (Å²) in [5.74, 6) is 2.21. The highest BCUT2D eigenvalue weighted by Crippen LogP contribution is 2.12. The third-order valence-corrected chi connectivity index (χ3v) is 3.05. The van der Waals surface area contributed by atoms with Crippen LogP contribution in [0.3, 0.4) is 0 Å². The first-order valence-electron chi connectivity index (χ1n) is 5.45. The molecule has 3 nitrogen and oxygen atoms in total. The summed E-state index contributed by atoms with van der Waals surface area (Å²) in [7, 11) is 0. The number of anilines is 2.